The van der Waals surface area contributed by atoms with Gasteiger partial charge in [0.15, 0.2) is 5.76 Å². The monoisotopic (exact) mass is 412 g/mol. The van der Waals surface area contributed by atoms with Gasteiger partial charge in [-0.25, -0.2) is 9.97 Å². The fraction of sp³-hybridized carbons (Fsp3) is 0.667. The number of carbonyl (C=O) groups is 1. The second kappa shape index (κ2) is 10.2. The van der Waals surface area contributed by atoms with Gasteiger partial charge < -0.3 is 9.84 Å². The molecule has 0 unspecified atom stereocenters. The average Bonchev–Trinajstić information content (AvgIpc) is 3.19. The molecule has 1 amide bonds. The fourth-order valence-corrected chi connectivity index (χ4v) is 4.37. The van der Waals surface area contributed by atoms with Crippen LogP contribution in [0.3, 0.4) is 0 Å². The number of nitrogens with one attached hydrogen (secondary N) is 1. The van der Waals surface area contributed by atoms with E-state index in [1.807, 2.05) is 19.2 Å². The Kier molecular flexibility index (Phi) is 7.62. The van der Waals surface area contributed by atoms with Crippen LogP contribution in [0.2, 0.25) is 0 Å². The quantitative estimate of drug-likeness (QED) is 0.629. The number of amides is 1. The highest BCUT2D eigenvalue weighted by Gasteiger charge is 2.28. The fourth-order valence-electron chi connectivity index (χ4n) is 4.37. The maximum absolute atomic E-state index is 12.3. The van der Waals surface area contributed by atoms with Crippen molar-refractivity contribution in [3.63, 3.8) is 0 Å². The maximum atomic E-state index is 12.3. The molecular formula is C24H36N4O2. The van der Waals surface area contributed by atoms with E-state index in [1.165, 1.54) is 0 Å². The number of rotatable bonds is 8. The molecule has 3 rings (SSSR count). The minimum atomic E-state index is 0.143. The molecule has 1 N–H and O–H groups in total. The Morgan fingerprint density at radius 3 is 2.47 bits per heavy atom. The Morgan fingerprint density at radius 1 is 1.20 bits per heavy atom. The van der Waals surface area contributed by atoms with Crippen LogP contribution in [0, 0.1) is 18.8 Å². The van der Waals surface area contributed by atoms with Crippen LogP contribution in [-0.4, -0.2) is 27.6 Å². The SMILES string of the molecule is CCC(CC)C(=O)NCC1CCC(c2nc(C(C)C)ncc2-c2cc(C)no2)CC1. The van der Waals surface area contributed by atoms with E-state index in [9.17, 15) is 4.79 Å². The highest BCUT2D eigenvalue weighted by atomic mass is 16.5. The highest BCUT2D eigenvalue weighted by molar-refractivity contribution is 5.78. The molecule has 0 atom stereocenters. The van der Waals surface area contributed by atoms with Crippen LogP contribution in [-0.2, 0) is 4.79 Å². The number of hydrogen-bond acceptors (Lipinski definition) is 5. The van der Waals surface area contributed by atoms with Crippen molar-refractivity contribution in [1.82, 2.24) is 20.4 Å². The average molecular weight is 413 g/mol. The summed E-state index contributed by atoms with van der Waals surface area (Å²) in [5, 5.41) is 7.23. The van der Waals surface area contributed by atoms with Gasteiger partial charge in [-0.2, -0.15) is 0 Å². The number of aryl methyl sites for hydroxylation is 1. The molecule has 30 heavy (non-hydrogen) atoms. The molecule has 164 valence electrons. The molecule has 6 heteroatoms. The van der Waals surface area contributed by atoms with Crippen molar-refractivity contribution in [1.29, 1.82) is 0 Å². The third kappa shape index (κ3) is 5.27. The third-order valence-electron chi connectivity index (χ3n) is 6.40. The molecule has 0 radical (unpaired) electrons. The van der Waals surface area contributed by atoms with Gasteiger partial charge >= 0.3 is 0 Å². The van der Waals surface area contributed by atoms with E-state index < -0.39 is 0 Å². The molecule has 1 fully saturated rings. The predicted octanol–water partition coefficient (Wildman–Crippen LogP) is 5.39. The molecule has 0 spiro atoms. The lowest BCUT2D eigenvalue weighted by atomic mass is 9.79. The lowest BCUT2D eigenvalue weighted by molar-refractivity contribution is -0.125. The molecule has 2 heterocycles. The third-order valence-corrected chi connectivity index (χ3v) is 6.40. The van der Waals surface area contributed by atoms with E-state index in [0.29, 0.717) is 11.8 Å². The van der Waals surface area contributed by atoms with Crippen LogP contribution in [0.15, 0.2) is 16.8 Å². The first-order chi connectivity index (χ1) is 14.4. The summed E-state index contributed by atoms with van der Waals surface area (Å²) in [6.45, 7) is 11.1. The van der Waals surface area contributed by atoms with Gasteiger partial charge in [-0.1, -0.05) is 32.9 Å². The van der Waals surface area contributed by atoms with Crippen molar-refractivity contribution in [3.05, 3.63) is 29.5 Å². The van der Waals surface area contributed by atoms with Gasteiger partial charge in [0.25, 0.3) is 0 Å². The molecule has 1 saturated carbocycles. The number of nitrogens with zero attached hydrogens (tertiary/aromatic N) is 3. The van der Waals surface area contributed by atoms with Crippen molar-refractivity contribution in [2.75, 3.05) is 6.54 Å². The van der Waals surface area contributed by atoms with Crippen LogP contribution >= 0.6 is 0 Å². The largest absolute Gasteiger partial charge is 0.356 e. The lowest BCUT2D eigenvalue weighted by Gasteiger charge is -2.29. The summed E-state index contributed by atoms with van der Waals surface area (Å²) in [5.74, 6) is 3.19. The number of hydrogen-bond donors (Lipinski definition) is 1. The van der Waals surface area contributed by atoms with Crippen molar-refractivity contribution < 1.29 is 9.32 Å². The van der Waals surface area contributed by atoms with Crippen LogP contribution < -0.4 is 5.32 Å². The standard InChI is InChI=1S/C24H36N4O2/c1-6-18(7-2)24(29)26-13-17-8-10-19(11-9-17)22-20(21-12-16(5)28-30-21)14-25-23(27-22)15(3)4/h12,14-15,17-19H,6-11,13H2,1-5H3,(H,26,29). The van der Waals surface area contributed by atoms with E-state index in [-0.39, 0.29) is 17.7 Å². The zero-order valence-corrected chi connectivity index (χ0v) is 19.1. The molecule has 1 aliphatic rings. The minimum Gasteiger partial charge on any atom is -0.356 e. The topological polar surface area (TPSA) is 80.9 Å². The first-order valence-corrected chi connectivity index (χ1v) is 11.5. The Morgan fingerprint density at radius 2 is 1.90 bits per heavy atom. The number of aromatic nitrogens is 3. The van der Waals surface area contributed by atoms with Gasteiger partial charge in [-0.05, 0) is 51.4 Å². The Labute approximate surface area is 180 Å². The van der Waals surface area contributed by atoms with E-state index in [1.54, 1.807) is 0 Å². The van der Waals surface area contributed by atoms with Crippen LogP contribution in [0.1, 0.15) is 95.3 Å². The second-order valence-electron chi connectivity index (χ2n) is 8.99. The molecule has 2 aromatic rings. The highest BCUT2D eigenvalue weighted by Crippen LogP contribution is 2.39. The van der Waals surface area contributed by atoms with E-state index >= 15 is 0 Å². The normalized spacial score (nSPS) is 19.4. The summed E-state index contributed by atoms with van der Waals surface area (Å²) in [6, 6.07) is 1.95. The lowest BCUT2D eigenvalue weighted by Crippen LogP contribution is -2.35. The van der Waals surface area contributed by atoms with Crippen molar-refractivity contribution >= 4 is 5.91 Å². The van der Waals surface area contributed by atoms with Crippen molar-refractivity contribution in [3.8, 4) is 11.3 Å². The van der Waals surface area contributed by atoms with Crippen molar-refractivity contribution in [2.45, 2.75) is 85.0 Å². The molecular weight excluding hydrogens is 376 g/mol. The van der Waals surface area contributed by atoms with E-state index in [2.05, 4.69) is 43.2 Å². The number of carbonyl (C=O) groups excluding carboxylic acids is 1. The molecule has 0 aliphatic heterocycles. The molecule has 0 aromatic carbocycles. The van der Waals surface area contributed by atoms with Gasteiger partial charge in [0, 0.05) is 36.6 Å². The summed E-state index contributed by atoms with van der Waals surface area (Å²) in [7, 11) is 0. The second-order valence-corrected chi connectivity index (χ2v) is 8.99. The molecule has 0 bridgehead atoms. The summed E-state index contributed by atoms with van der Waals surface area (Å²) < 4.78 is 5.53. The maximum Gasteiger partial charge on any atom is 0.223 e. The summed E-state index contributed by atoms with van der Waals surface area (Å²) in [4.78, 5) is 21.8. The zero-order chi connectivity index (χ0) is 21.7. The molecule has 6 nitrogen and oxygen atoms in total. The summed E-state index contributed by atoms with van der Waals surface area (Å²) in [5.41, 5.74) is 2.91. The smallest absolute Gasteiger partial charge is 0.223 e. The zero-order valence-electron chi connectivity index (χ0n) is 19.1. The van der Waals surface area contributed by atoms with Crippen LogP contribution in [0.4, 0.5) is 0 Å². The Hall–Kier alpha value is -2.24. The minimum absolute atomic E-state index is 0.143. The van der Waals surface area contributed by atoms with Crippen LogP contribution in [0.25, 0.3) is 11.3 Å². The first kappa shape index (κ1) is 22.4. The van der Waals surface area contributed by atoms with Gasteiger partial charge in [0.05, 0.1) is 17.0 Å². The van der Waals surface area contributed by atoms with Gasteiger partial charge in [-0.3, -0.25) is 4.79 Å². The van der Waals surface area contributed by atoms with Gasteiger partial charge in [-0.15, -0.1) is 0 Å². The van der Waals surface area contributed by atoms with Gasteiger partial charge in [0.1, 0.15) is 5.82 Å². The van der Waals surface area contributed by atoms with Crippen molar-refractivity contribution in [2.24, 2.45) is 11.8 Å². The van der Waals surface area contributed by atoms with Gasteiger partial charge in [0.2, 0.25) is 5.91 Å². The van der Waals surface area contributed by atoms with Crippen LogP contribution in [0.5, 0.6) is 0 Å². The summed E-state index contributed by atoms with van der Waals surface area (Å²) in [6.07, 6.45) is 8.06. The van der Waals surface area contributed by atoms with E-state index in [4.69, 9.17) is 9.51 Å². The molecule has 0 saturated heterocycles. The molecule has 2 aromatic heterocycles. The summed E-state index contributed by atoms with van der Waals surface area (Å²) >= 11 is 0. The first-order valence-electron chi connectivity index (χ1n) is 11.5. The Bertz CT molecular complexity index is 833. The Balaban J connectivity index is 1.68. The van der Waals surface area contributed by atoms with E-state index in [0.717, 1.165) is 73.6 Å². The molecule has 1 aliphatic carbocycles. The predicted molar refractivity (Wildman–Crippen MR) is 118 cm³/mol.